The van der Waals surface area contributed by atoms with Crippen molar-refractivity contribution in [2.24, 2.45) is 11.8 Å². The minimum atomic E-state index is -1.31. The Morgan fingerprint density at radius 3 is 2.36 bits per heavy atom. The van der Waals surface area contributed by atoms with E-state index in [2.05, 4.69) is 0 Å². The van der Waals surface area contributed by atoms with Gasteiger partial charge in [-0.25, -0.2) is 0 Å². The fraction of sp³-hybridized carbons (Fsp3) is 0.760. The first-order valence-corrected chi connectivity index (χ1v) is 12.1. The van der Waals surface area contributed by atoms with E-state index in [1.807, 2.05) is 26.0 Å². The largest absolute Gasteiger partial charge is 0.508 e. The molecule has 1 aliphatic heterocycles. The Balaban J connectivity index is 1.59. The van der Waals surface area contributed by atoms with Crippen LogP contribution >= 0.6 is 0 Å². The average molecular weight is 469 g/mol. The van der Waals surface area contributed by atoms with E-state index in [1.54, 1.807) is 13.0 Å². The van der Waals surface area contributed by atoms with Gasteiger partial charge >= 0.3 is 0 Å². The van der Waals surface area contributed by atoms with Gasteiger partial charge in [0.05, 0.1) is 37.1 Å². The van der Waals surface area contributed by atoms with Gasteiger partial charge in [-0.15, -0.1) is 0 Å². The van der Waals surface area contributed by atoms with E-state index in [1.165, 1.54) is 0 Å². The first-order valence-electron chi connectivity index (χ1n) is 12.1. The molecule has 1 saturated carbocycles. The van der Waals surface area contributed by atoms with E-state index in [4.69, 9.17) is 9.47 Å². The van der Waals surface area contributed by atoms with Crippen LogP contribution in [0.5, 0.6) is 5.75 Å². The zero-order valence-corrected chi connectivity index (χ0v) is 19.7. The minimum Gasteiger partial charge on any atom is -0.508 e. The molecule has 10 unspecified atom stereocenters. The van der Waals surface area contributed by atoms with Crippen LogP contribution in [0, 0.1) is 18.8 Å². The molecule has 10 atom stereocenters. The highest BCUT2D eigenvalue weighted by Crippen LogP contribution is 2.35. The molecule has 8 nitrogen and oxygen atoms in total. The molecule has 0 amide bonds. The lowest BCUT2D eigenvalue weighted by atomic mass is 9.81. The molecule has 0 spiro atoms. The molecule has 188 valence electrons. The summed E-state index contributed by atoms with van der Waals surface area (Å²) in [7, 11) is 0. The monoisotopic (exact) mass is 468 g/mol. The van der Waals surface area contributed by atoms with Gasteiger partial charge in [-0.05, 0) is 55.7 Å². The van der Waals surface area contributed by atoms with Crippen molar-refractivity contribution in [1.82, 2.24) is 0 Å². The van der Waals surface area contributed by atoms with Crippen molar-refractivity contribution in [3.8, 4) is 5.75 Å². The number of hydrogen-bond acceptors (Lipinski definition) is 8. The Bertz CT molecular complexity index is 758. The molecule has 33 heavy (non-hydrogen) atoms. The maximum absolute atomic E-state index is 11.0. The summed E-state index contributed by atoms with van der Waals surface area (Å²) in [6.07, 6.45) is -3.61. The lowest BCUT2D eigenvalue weighted by Crippen LogP contribution is -2.60. The van der Waals surface area contributed by atoms with Gasteiger partial charge in [0.25, 0.3) is 0 Å². The van der Waals surface area contributed by atoms with Crippen molar-refractivity contribution >= 4 is 0 Å². The lowest BCUT2D eigenvalue weighted by molar-refractivity contribution is -0.255. The standard InChI is InChI=1S/C25H40O8/c1-13-8-9-16(11-17(13)27)6-4-5-7-18-23(30)25(15(3)20(12-26)32-18)33-19-10-14(2)21(28)24(31)22(19)29/h8-9,11,14-15,18-31H,4-7,10,12H2,1-3H3. The normalized spacial score (nSPS) is 39.5. The molecule has 1 aliphatic carbocycles. The molecule has 2 aliphatic rings. The van der Waals surface area contributed by atoms with Crippen LogP contribution in [0.2, 0.25) is 0 Å². The fourth-order valence-electron chi connectivity index (χ4n) is 5.04. The summed E-state index contributed by atoms with van der Waals surface area (Å²) in [5, 5.41) is 61.3. The summed E-state index contributed by atoms with van der Waals surface area (Å²) in [6.45, 7) is 5.26. The van der Waals surface area contributed by atoms with Crippen molar-refractivity contribution in [2.75, 3.05) is 6.61 Å². The Morgan fingerprint density at radius 2 is 1.70 bits per heavy atom. The maximum atomic E-state index is 11.0. The van der Waals surface area contributed by atoms with E-state index in [9.17, 15) is 30.6 Å². The third-order valence-electron chi connectivity index (χ3n) is 7.43. The molecule has 0 bridgehead atoms. The van der Waals surface area contributed by atoms with E-state index in [0.29, 0.717) is 12.8 Å². The van der Waals surface area contributed by atoms with E-state index in [0.717, 1.165) is 30.4 Å². The number of ether oxygens (including phenoxy) is 2. The molecule has 6 N–H and O–H groups in total. The highest BCUT2D eigenvalue weighted by molar-refractivity contribution is 5.35. The molecular formula is C25H40O8. The summed E-state index contributed by atoms with van der Waals surface area (Å²) in [5.41, 5.74) is 1.89. The van der Waals surface area contributed by atoms with Crippen LogP contribution in [-0.4, -0.2) is 86.1 Å². The number of aryl methyl sites for hydroxylation is 2. The van der Waals surface area contributed by atoms with Gasteiger partial charge in [0.2, 0.25) is 0 Å². The van der Waals surface area contributed by atoms with E-state index < -0.39 is 48.8 Å². The van der Waals surface area contributed by atoms with Gasteiger partial charge in [-0.2, -0.15) is 0 Å². The predicted molar refractivity (Wildman–Crippen MR) is 122 cm³/mol. The van der Waals surface area contributed by atoms with Crippen molar-refractivity contribution in [3.63, 3.8) is 0 Å². The van der Waals surface area contributed by atoms with Crippen molar-refractivity contribution in [1.29, 1.82) is 0 Å². The Morgan fingerprint density at radius 1 is 0.970 bits per heavy atom. The number of benzene rings is 1. The van der Waals surface area contributed by atoms with Crippen molar-refractivity contribution < 1.29 is 40.1 Å². The SMILES string of the molecule is Cc1ccc(CCCCC2OC(CO)C(C)C(OC3CC(C)C(O)C(O)C3O)C2O)cc1O. The van der Waals surface area contributed by atoms with Gasteiger partial charge in [0.15, 0.2) is 0 Å². The summed E-state index contributed by atoms with van der Waals surface area (Å²) in [5.74, 6) is -0.287. The highest BCUT2D eigenvalue weighted by atomic mass is 16.6. The number of phenolic OH excluding ortho intramolecular Hbond substituents is 1. The van der Waals surface area contributed by atoms with Crippen molar-refractivity contribution in [2.45, 2.75) is 102 Å². The van der Waals surface area contributed by atoms with Gasteiger partial charge < -0.3 is 40.1 Å². The quantitative estimate of drug-likeness (QED) is 0.311. The molecule has 1 aromatic rings. The number of aliphatic hydroxyl groups is 5. The van der Waals surface area contributed by atoms with Gasteiger partial charge in [0, 0.05) is 5.92 Å². The van der Waals surface area contributed by atoms with Gasteiger partial charge in [-0.3, -0.25) is 0 Å². The first-order chi connectivity index (χ1) is 15.6. The van der Waals surface area contributed by atoms with Crippen LogP contribution in [0.4, 0.5) is 0 Å². The average Bonchev–Trinajstić information content (AvgIpc) is 2.79. The van der Waals surface area contributed by atoms with E-state index >= 15 is 0 Å². The number of aliphatic hydroxyl groups excluding tert-OH is 5. The fourth-order valence-corrected chi connectivity index (χ4v) is 5.04. The van der Waals surface area contributed by atoms with E-state index in [-0.39, 0.29) is 24.2 Å². The van der Waals surface area contributed by atoms with Crippen LogP contribution in [0.1, 0.15) is 50.7 Å². The van der Waals surface area contributed by atoms with Crippen LogP contribution in [0.25, 0.3) is 0 Å². The Labute approximate surface area is 195 Å². The molecule has 3 rings (SSSR count). The maximum Gasteiger partial charge on any atom is 0.118 e. The van der Waals surface area contributed by atoms with Gasteiger partial charge in [0.1, 0.15) is 24.1 Å². The second-order valence-corrected chi connectivity index (χ2v) is 9.94. The second kappa shape index (κ2) is 11.4. The van der Waals surface area contributed by atoms with Crippen molar-refractivity contribution in [3.05, 3.63) is 29.3 Å². The predicted octanol–water partition coefficient (Wildman–Crippen LogP) is 1.05. The Hall–Kier alpha value is -1.26. The Kier molecular flexibility index (Phi) is 9.14. The number of unbranched alkanes of at least 4 members (excludes halogenated alkanes) is 1. The van der Waals surface area contributed by atoms with Crippen LogP contribution in [0.3, 0.4) is 0 Å². The third-order valence-corrected chi connectivity index (χ3v) is 7.43. The lowest BCUT2D eigenvalue weighted by Gasteiger charge is -2.47. The minimum absolute atomic E-state index is 0.210. The van der Waals surface area contributed by atoms with Gasteiger partial charge in [-0.1, -0.05) is 32.4 Å². The molecule has 0 radical (unpaired) electrons. The molecule has 1 saturated heterocycles. The molecule has 8 heteroatoms. The molecule has 1 heterocycles. The third kappa shape index (κ3) is 6.06. The number of phenols is 1. The van der Waals surface area contributed by atoms with Crippen LogP contribution < -0.4 is 0 Å². The topological polar surface area (TPSA) is 140 Å². The zero-order valence-electron chi connectivity index (χ0n) is 19.7. The molecular weight excluding hydrogens is 428 g/mol. The highest BCUT2D eigenvalue weighted by Gasteiger charge is 2.48. The number of rotatable bonds is 8. The second-order valence-electron chi connectivity index (χ2n) is 9.94. The zero-order chi connectivity index (χ0) is 24.3. The summed E-state index contributed by atoms with van der Waals surface area (Å²) in [6, 6.07) is 5.66. The summed E-state index contributed by atoms with van der Waals surface area (Å²) >= 11 is 0. The summed E-state index contributed by atoms with van der Waals surface area (Å²) < 4.78 is 12.1. The smallest absolute Gasteiger partial charge is 0.118 e. The molecule has 0 aromatic heterocycles. The van der Waals surface area contributed by atoms with Crippen LogP contribution in [-0.2, 0) is 15.9 Å². The molecule has 2 fully saturated rings. The molecule has 1 aromatic carbocycles. The first kappa shape index (κ1) is 26.3. The number of aromatic hydroxyl groups is 1. The number of hydrogen-bond donors (Lipinski definition) is 6. The van der Waals surface area contributed by atoms with Crippen LogP contribution in [0.15, 0.2) is 18.2 Å². The summed E-state index contributed by atoms with van der Waals surface area (Å²) in [4.78, 5) is 0.